The molecular formula is C29H28N4O2. The van der Waals surface area contributed by atoms with Gasteiger partial charge in [0.05, 0.1) is 5.69 Å². The van der Waals surface area contributed by atoms with E-state index in [4.69, 9.17) is 5.10 Å². The molecule has 2 heterocycles. The Kier molecular flexibility index (Phi) is 5.52. The summed E-state index contributed by atoms with van der Waals surface area (Å²) >= 11 is 0. The molecule has 0 atom stereocenters. The van der Waals surface area contributed by atoms with Crippen molar-refractivity contribution in [2.24, 2.45) is 7.05 Å². The first-order valence-electron chi connectivity index (χ1n) is 11.8. The Morgan fingerprint density at radius 1 is 0.943 bits per heavy atom. The van der Waals surface area contributed by atoms with Crippen LogP contribution in [0.15, 0.2) is 71.5 Å². The Labute approximate surface area is 204 Å². The molecule has 0 N–H and O–H groups in total. The van der Waals surface area contributed by atoms with Gasteiger partial charge in [0.2, 0.25) is 0 Å². The number of aromatic nitrogens is 3. The molecule has 6 nitrogen and oxygen atoms in total. The number of carbonyl (C=O) groups excluding carboxylic acids is 1. The molecule has 0 unspecified atom stereocenters. The van der Waals surface area contributed by atoms with Crippen molar-refractivity contribution >= 4 is 33.4 Å². The van der Waals surface area contributed by atoms with Crippen molar-refractivity contribution in [2.45, 2.75) is 27.7 Å². The maximum absolute atomic E-state index is 14.1. The first-order valence-corrected chi connectivity index (χ1v) is 11.8. The Morgan fingerprint density at radius 3 is 2.34 bits per heavy atom. The van der Waals surface area contributed by atoms with Crippen molar-refractivity contribution in [2.75, 3.05) is 11.4 Å². The van der Waals surface area contributed by atoms with Crippen LogP contribution in [0.1, 0.15) is 34.1 Å². The van der Waals surface area contributed by atoms with Crippen molar-refractivity contribution in [1.29, 1.82) is 0 Å². The van der Waals surface area contributed by atoms with Gasteiger partial charge in [0.25, 0.3) is 11.5 Å². The standard InChI is InChI=1S/C29H28N4O2/c1-6-32(22-16-13-19(3)20(4)17-22)28(34)26-25-23-9-7-8-10-24(23)31(5)27(25)29(35)33(30-26)21-14-11-18(2)12-15-21/h7-17H,6H2,1-5H3. The van der Waals surface area contributed by atoms with Gasteiger partial charge in [-0.05, 0) is 69.2 Å². The lowest BCUT2D eigenvalue weighted by atomic mass is 10.1. The molecule has 2 aromatic heterocycles. The Hall–Kier alpha value is -4.19. The van der Waals surface area contributed by atoms with E-state index in [1.807, 2.05) is 99.1 Å². The van der Waals surface area contributed by atoms with Gasteiger partial charge in [0.15, 0.2) is 5.69 Å². The first kappa shape index (κ1) is 22.6. The summed E-state index contributed by atoms with van der Waals surface area (Å²) in [5.74, 6) is -0.238. The normalized spacial score (nSPS) is 11.3. The minimum Gasteiger partial charge on any atom is -0.339 e. The topological polar surface area (TPSA) is 60.1 Å². The fourth-order valence-corrected chi connectivity index (χ4v) is 4.65. The second-order valence-corrected chi connectivity index (χ2v) is 9.02. The molecule has 0 bridgehead atoms. The van der Waals surface area contributed by atoms with Crippen LogP contribution in [0.25, 0.3) is 27.5 Å². The molecule has 3 aromatic carbocycles. The Balaban J connectivity index is 1.83. The maximum Gasteiger partial charge on any atom is 0.296 e. The number of aryl methyl sites for hydroxylation is 4. The highest BCUT2D eigenvalue weighted by Gasteiger charge is 2.27. The van der Waals surface area contributed by atoms with Gasteiger partial charge in [-0.2, -0.15) is 9.78 Å². The highest BCUT2D eigenvalue weighted by molar-refractivity contribution is 6.20. The van der Waals surface area contributed by atoms with Crippen LogP contribution in [0.4, 0.5) is 5.69 Å². The average molecular weight is 465 g/mol. The van der Waals surface area contributed by atoms with Gasteiger partial charge in [0, 0.05) is 35.6 Å². The van der Waals surface area contributed by atoms with Crippen LogP contribution in [-0.4, -0.2) is 26.8 Å². The second-order valence-electron chi connectivity index (χ2n) is 9.02. The van der Waals surface area contributed by atoms with Crippen LogP contribution in [0, 0.1) is 20.8 Å². The summed E-state index contributed by atoms with van der Waals surface area (Å²) in [6.07, 6.45) is 0. The Morgan fingerprint density at radius 2 is 1.66 bits per heavy atom. The average Bonchev–Trinajstić information content (AvgIpc) is 3.16. The lowest BCUT2D eigenvalue weighted by Crippen LogP contribution is -2.34. The molecule has 5 rings (SSSR count). The van der Waals surface area contributed by atoms with Gasteiger partial charge in [0.1, 0.15) is 5.52 Å². The molecule has 0 spiro atoms. The monoisotopic (exact) mass is 464 g/mol. The third-order valence-corrected chi connectivity index (χ3v) is 6.78. The van der Waals surface area contributed by atoms with Crippen molar-refractivity contribution in [3.63, 3.8) is 0 Å². The minimum absolute atomic E-state index is 0.238. The molecule has 0 saturated heterocycles. The number of hydrogen-bond donors (Lipinski definition) is 0. The van der Waals surface area contributed by atoms with Gasteiger partial charge in [-0.25, -0.2) is 0 Å². The fraction of sp³-hybridized carbons (Fsp3) is 0.207. The molecule has 5 aromatic rings. The van der Waals surface area contributed by atoms with Crippen molar-refractivity contribution < 1.29 is 4.79 Å². The number of carbonyl (C=O) groups is 1. The zero-order valence-electron chi connectivity index (χ0n) is 20.7. The Bertz CT molecular complexity index is 1660. The summed E-state index contributed by atoms with van der Waals surface area (Å²) in [6, 6.07) is 21.3. The summed E-state index contributed by atoms with van der Waals surface area (Å²) in [6.45, 7) is 8.50. The van der Waals surface area contributed by atoms with E-state index < -0.39 is 0 Å². The van der Waals surface area contributed by atoms with E-state index in [0.717, 1.165) is 27.7 Å². The van der Waals surface area contributed by atoms with E-state index in [9.17, 15) is 9.59 Å². The predicted molar refractivity (Wildman–Crippen MR) is 142 cm³/mol. The molecule has 6 heteroatoms. The van der Waals surface area contributed by atoms with Gasteiger partial charge in [-0.3, -0.25) is 9.59 Å². The fourth-order valence-electron chi connectivity index (χ4n) is 4.65. The van der Waals surface area contributed by atoms with Crippen molar-refractivity contribution in [1.82, 2.24) is 14.3 Å². The quantitative estimate of drug-likeness (QED) is 0.354. The third kappa shape index (κ3) is 3.62. The van der Waals surface area contributed by atoms with E-state index in [2.05, 4.69) is 6.92 Å². The third-order valence-electron chi connectivity index (χ3n) is 6.78. The summed E-state index contributed by atoms with van der Waals surface area (Å²) in [5.41, 5.74) is 6.13. The molecule has 176 valence electrons. The van der Waals surface area contributed by atoms with Gasteiger partial charge in [-0.1, -0.05) is 42.0 Å². The molecule has 0 aliphatic heterocycles. The van der Waals surface area contributed by atoms with Crippen molar-refractivity contribution in [3.8, 4) is 5.69 Å². The van der Waals surface area contributed by atoms with Gasteiger partial charge >= 0.3 is 0 Å². The zero-order valence-corrected chi connectivity index (χ0v) is 20.7. The van der Waals surface area contributed by atoms with E-state index >= 15 is 0 Å². The highest BCUT2D eigenvalue weighted by atomic mass is 16.2. The SMILES string of the molecule is CCN(C(=O)c1nn(-c2ccc(C)cc2)c(=O)c2c1c1ccccc1n2C)c1ccc(C)c(C)c1. The molecule has 35 heavy (non-hydrogen) atoms. The highest BCUT2D eigenvalue weighted by Crippen LogP contribution is 2.30. The van der Waals surface area contributed by atoms with Gasteiger partial charge in [-0.15, -0.1) is 0 Å². The van der Waals surface area contributed by atoms with E-state index in [-0.39, 0.29) is 17.2 Å². The molecule has 0 radical (unpaired) electrons. The summed E-state index contributed by atoms with van der Waals surface area (Å²) in [7, 11) is 1.86. The minimum atomic E-state index is -0.256. The lowest BCUT2D eigenvalue weighted by Gasteiger charge is -2.22. The second kappa shape index (κ2) is 8.55. The molecule has 1 amide bonds. The van der Waals surface area contributed by atoms with Crippen LogP contribution in [0.2, 0.25) is 0 Å². The van der Waals surface area contributed by atoms with Crippen LogP contribution in [-0.2, 0) is 7.05 Å². The van der Waals surface area contributed by atoms with Crippen LogP contribution < -0.4 is 10.5 Å². The molecule has 0 fully saturated rings. The van der Waals surface area contributed by atoms with E-state index in [1.54, 1.807) is 4.90 Å². The number of para-hydroxylation sites is 1. The summed E-state index contributed by atoms with van der Waals surface area (Å²) in [4.78, 5) is 29.6. The van der Waals surface area contributed by atoms with Crippen molar-refractivity contribution in [3.05, 3.63) is 99.5 Å². The number of benzene rings is 3. The van der Waals surface area contributed by atoms with Crippen LogP contribution in [0.3, 0.4) is 0 Å². The smallest absolute Gasteiger partial charge is 0.296 e. The first-order chi connectivity index (χ1) is 16.8. The number of amides is 1. The largest absolute Gasteiger partial charge is 0.339 e. The molecule has 0 aliphatic carbocycles. The molecular weight excluding hydrogens is 436 g/mol. The number of fused-ring (bicyclic) bond motifs is 3. The lowest BCUT2D eigenvalue weighted by molar-refractivity contribution is 0.0983. The van der Waals surface area contributed by atoms with Gasteiger partial charge < -0.3 is 9.47 Å². The predicted octanol–water partition coefficient (Wildman–Crippen LogP) is 5.47. The summed E-state index contributed by atoms with van der Waals surface area (Å²) in [5, 5.41) is 6.12. The zero-order chi connectivity index (χ0) is 24.9. The van der Waals surface area contributed by atoms with Crippen LogP contribution in [0.5, 0.6) is 0 Å². The van der Waals surface area contributed by atoms with Crippen LogP contribution >= 0.6 is 0 Å². The van der Waals surface area contributed by atoms with E-state index in [1.165, 1.54) is 10.2 Å². The molecule has 0 saturated carbocycles. The number of rotatable bonds is 4. The number of hydrogen-bond acceptors (Lipinski definition) is 3. The molecule has 0 aliphatic rings. The van der Waals surface area contributed by atoms with E-state index in [0.29, 0.717) is 23.1 Å². The maximum atomic E-state index is 14.1. The number of nitrogens with zero attached hydrogens (tertiary/aromatic N) is 4. The number of anilines is 1. The summed E-state index contributed by atoms with van der Waals surface area (Å²) < 4.78 is 3.21.